The molecule has 0 radical (unpaired) electrons. The number of rotatable bonds is 7. The number of imidazole rings is 1. The third-order valence-electron chi connectivity index (χ3n) is 2.84. The van der Waals surface area contributed by atoms with Crippen LogP contribution in [0.4, 0.5) is 0 Å². The van der Waals surface area contributed by atoms with Crippen LogP contribution in [0.25, 0.3) is 11.2 Å². The summed E-state index contributed by atoms with van der Waals surface area (Å²) in [6, 6.07) is 3.58. The summed E-state index contributed by atoms with van der Waals surface area (Å²) >= 11 is 1.20. The third kappa shape index (κ3) is 3.85. The van der Waals surface area contributed by atoms with Crippen molar-refractivity contribution < 1.29 is 14.6 Å². The van der Waals surface area contributed by atoms with Crippen molar-refractivity contribution in [2.75, 3.05) is 33.5 Å². The number of hydrogen-bond acceptors (Lipinski definition) is 6. The second-order valence-corrected chi connectivity index (χ2v) is 5.67. The number of carbonyl (C=O) groups is 1. The minimum Gasteiger partial charge on any atom is -0.481 e. The Hall–Kier alpha value is -1.80. The third-order valence-corrected chi connectivity index (χ3v) is 3.80. The lowest BCUT2D eigenvalue weighted by Gasteiger charge is -2.12. The zero-order valence-electron chi connectivity index (χ0n) is 12.2. The molecule has 0 amide bonds. The molecule has 0 bridgehead atoms. The second-order valence-electron chi connectivity index (χ2n) is 4.73. The van der Waals surface area contributed by atoms with Crippen LogP contribution in [0, 0.1) is 0 Å². The number of carboxylic acid groups (broad SMARTS) is 1. The first kappa shape index (κ1) is 15.6. The molecule has 2 heterocycles. The molecule has 0 aromatic carbocycles. The smallest absolute Gasteiger partial charge is 0.313 e. The molecule has 0 spiro atoms. The quantitative estimate of drug-likeness (QED) is 0.769. The van der Waals surface area contributed by atoms with Gasteiger partial charge in [-0.05, 0) is 20.2 Å². The molecule has 0 aliphatic rings. The van der Waals surface area contributed by atoms with E-state index in [2.05, 4.69) is 14.9 Å². The number of hydrogen-bond donors (Lipinski definition) is 1. The van der Waals surface area contributed by atoms with E-state index < -0.39 is 5.97 Å². The van der Waals surface area contributed by atoms with Gasteiger partial charge in [0, 0.05) is 19.2 Å². The maximum absolute atomic E-state index is 10.8. The molecule has 0 unspecified atom stereocenters. The largest absolute Gasteiger partial charge is 0.481 e. The first-order chi connectivity index (χ1) is 10.0. The molecule has 0 atom stereocenters. The molecule has 0 aliphatic heterocycles. The fourth-order valence-corrected chi connectivity index (χ4v) is 2.56. The fraction of sp³-hybridized carbons (Fsp3) is 0.462. The Morgan fingerprint density at radius 2 is 2.19 bits per heavy atom. The summed E-state index contributed by atoms with van der Waals surface area (Å²) in [5.41, 5.74) is 1.45. The van der Waals surface area contributed by atoms with Crippen molar-refractivity contribution in [3.05, 3.63) is 12.1 Å². The van der Waals surface area contributed by atoms with Crippen LogP contribution in [0.5, 0.6) is 5.88 Å². The molecule has 2 rings (SSSR count). The van der Waals surface area contributed by atoms with Crippen molar-refractivity contribution >= 4 is 28.9 Å². The van der Waals surface area contributed by atoms with Crippen LogP contribution in [0.3, 0.4) is 0 Å². The van der Waals surface area contributed by atoms with Crippen LogP contribution in [0.15, 0.2) is 17.3 Å². The zero-order chi connectivity index (χ0) is 15.4. The van der Waals surface area contributed by atoms with Gasteiger partial charge in [0.1, 0.15) is 5.52 Å². The van der Waals surface area contributed by atoms with E-state index in [9.17, 15) is 4.79 Å². The van der Waals surface area contributed by atoms with Gasteiger partial charge >= 0.3 is 5.97 Å². The first-order valence-electron chi connectivity index (χ1n) is 6.42. The monoisotopic (exact) mass is 310 g/mol. The number of methoxy groups -OCH3 is 1. The molecule has 114 valence electrons. The first-order valence-corrected chi connectivity index (χ1v) is 7.40. The molecular formula is C13H18N4O3S. The van der Waals surface area contributed by atoms with Gasteiger partial charge in [0.05, 0.1) is 12.9 Å². The van der Waals surface area contributed by atoms with Gasteiger partial charge < -0.3 is 19.3 Å². The number of likely N-dealkylation sites (N-methyl/N-ethyl adjacent to an activating group) is 1. The van der Waals surface area contributed by atoms with Crippen LogP contribution in [0.1, 0.15) is 0 Å². The summed E-state index contributed by atoms with van der Waals surface area (Å²) in [5.74, 6) is -0.373. The molecule has 2 aromatic rings. The molecule has 0 aliphatic carbocycles. The maximum atomic E-state index is 10.8. The van der Waals surface area contributed by atoms with E-state index in [0.29, 0.717) is 23.2 Å². The van der Waals surface area contributed by atoms with Gasteiger partial charge in [-0.15, -0.1) is 0 Å². The van der Waals surface area contributed by atoms with E-state index in [1.807, 2.05) is 24.7 Å². The van der Waals surface area contributed by atoms with Gasteiger partial charge in [-0.1, -0.05) is 11.8 Å². The number of fused-ring (bicyclic) bond motifs is 1. The fourth-order valence-electron chi connectivity index (χ4n) is 1.82. The lowest BCUT2D eigenvalue weighted by Crippen LogP contribution is -2.19. The Morgan fingerprint density at radius 1 is 1.43 bits per heavy atom. The summed E-state index contributed by atoms with van der Waals surface area (Å²) in [5, 5.41) is 9.50. The van der Waals surface area contributed by atoms with Crippen LogP contribution in [-0.2, 0) is 11.3 Å². The lowest BCUT2D eigenvalue weighted by atomic mass is 10.4. The highest BCUT2D eigenvalue weighted by molar-refractivity contribution is 7.99. The standard InChI is InChI=1S/C13H18N4O3S/c1-16(2)6-7-17-12-9(4-5-10(15-12)20-3)14-13(17)21-8-11(18)19/h4-5H,6-8H2,1-3H3,(H,18,19). The molecule has 0 fully saturated rings. The summed E-state index contributed by atoms with van der Waals surface area (Å²) in [6.07, 6.45) is 0. The molecule has 1 N–H and O–H groups in total. The molecule has 21 heavy (non-hydrogen) atoms. The van der Waals surface area contributed by atoms with Crippen molar-refractivity contribution in [3.8, 4) is 5.88 Å². The highest BCUT2D eigenvalue weighted by Gasteiger charge is 2.14. The maximum Gasteiger partial charge on any atom is 0.313 e. The van der Waals surface area contributed by atoms with Gasteiger partial charge in [-0.2, -0.15) is 4.98 Å². The predicted octanol–water partition coefficient (Wildman–Crippen LogP) is 1.18. The number of pyridine rings is 1. The summed E-state index contributed by atoms with van der Waals surface area (Å²) in [7, 11) is 5.53. The van der Waals surface area contributed by atoms with E-state index in [1.54, 1.807) is 13.2 Å². The number of carboxylic acids is 1. The molecule has 8 heteroatoms. The Kier molecular flexibility index (Phi) is 5.03. The molecule has 0 saturated carbocycles. The molecular weight excluding hydrogens is 292 g/mol. The van der Waals surface area contributed by atoms with Gasteiger partial charge in [-0.3, -0.25) is 4.79 Å². The Morgan fingerprint density at radius 3 is 2.81 bits per heavy atom. The SMILES string of the molecule is COc1ccc2nc(SCC(=O)O)n(CCN(C)C)c2n1. The van der Waals surface area contributed by atoms with E-state index >= 15 is 0 Å². The van der Waals surface area contributed by atoms with Crippen molar-refractivity contribution in [2.24, 2.45) is 0 Å². The predicted molar refractivity (Wildman–Crippen MR) is 81.0 cm³/mol. The van der Waals surface area contributed by atoms with Crippen molar-refractivity contribution in [2.45, 2.75) is 11.7 Å². The van der Waals surface area contributed by atoms with Crippen LogP contribution in [-0.4, -0.2) is 64.0 Å². The van der Waals surface area contributed by atoms with Crippen molar-refractivity contribution in [1.29, 1.82) is 0 Å². The summed E-state index contributed by atoms with van der Waals surface area (Å²) in [6.45, 7) is 1.50. The summed E-state index contributed by atoms with van der Waals surface area (Å²) in [4.78, 5) is 21.7. The molecule has 2 aromatic heterocycles. The Bertz CT molecular complexity index is 642. The second kappa shape index (κ2) is 6.77. The van der Waals surface area contributed by atoms with Gasteiger partial charge in [0.15, 0.2) is 10.8 Å². The van der Waals surface area contributed by atoms with Crippen molar-refractivity contribution in [3.63, 3.8) is 0 Å². The van der Waals surface area contributed by atoms with Gasteiger partial charge in [-0.25, -0.2) is 4.98 Å². The van der Waals surface area contributed by atoms with Crippen molar-refractivity contribution in [1.82, 2.24) is 19.4 Å². The van der Waals surface area contributed by atoms with Crippen LogP contribution in [0.2, 0.25) is 0 Å². The Balaban J connectivity index is 2.39. The number of aliphatic carboxylic acids is 1. The number of aromatic nitrogens is 3. The van der Waals surface area contributed by atoms with Gasteiger partial charge in [0.25, 0.3) is 0 Å². The highest BCUT2D eigenvalue weighted by atomic mass is 32.2. The van der Waals surface area contributed by atoms with E-state index in [1.165, 1.54) is 11.8 Å². The minimum absolute atomic E-state index is 0.0254. The average Bonchev–Trinajstić information content (AvgIpc) is 2.79. The number of ether oxygens (including phenoxy) is 1. The van der Waals surface area contributed by atoms with Gasteiger partial charge in [0.2, 0.25) is 5.88 Å². The summed E-state index contributed by atoms with van der Waals surface area (Å²) < 4.78 is 7.08. The number of nitrogens with zero attached hydrogens (tertiary/aromatic N) is 4. The average molecular weight is 310 g/mol. The highest BCUT2D eigenvalue weighted by Crippen LogP contribution is 2.24. The van der Waals surface area contributed by atoms with E-state index in [0.717, 1.165) is 12.1 Å². The van der Waals surface area contributed by atoms with E-state index in [4.69, 9.17) is 9.84 Å². The molecule has 7 nitrogen and oxygen atoms in total. The van der Waals surface area contributed by atoms with Crippen LogP contribution >= 0.6 is 11.8 Å². The number of thioether (sulfide) groups is 1. The van der Waals surface area contributed by atoms with Crippen LogP contribution < -0.4 is 4.74 Å². The van der Waals surface area contributed by atoms with E-state index in [-0.39, 0.29) is 5.75 Å². The normalized spacial score (nSPS) is 11.2. The minimum atomic E-state index is -0.864. The lowest BCUT2D eigenvalue weighted by molar-refractivity contribution is -0.133. The topological polar surface area (TPSA) is 80.5 Å². The Labute approximate surface area is 126 Å². The molecule has 0 saturated heterocycles. The zero-order valence-corrected chi connectivity index (χ0v) is 13.1.